The Morgan fingerprint density at radius 2 is 1.42 bits per heavy atom. The van der Waals surface area contributed by atoms with E-state index in [1.165, 1.54) is 5.57 Å². The lowest BCUT2D eigenvalue weighted by Gasteiger charge is -2.19. The van der Waals surface area contributed by atoms with E-state index < -0.39 is 0 Å². The molecule has 1 rings (SSSR count). The Morgan fingerprint density at radius 3 is 2.08 bits per heavy atom. The highest BCUT2D eigenvalue weighted by atomic mass is 14.2. The molecule has 0 amide bonds. The summed E-state index contributed by atoms with van der Waals surface area (Å²) in [5.74, 6) is 0. The SMILES string of the molecule is CC(C)(C)C1=C/C=C\C=C/C=C\1. The highest BCUT2D eigenvalue weighted by molar-refractivity contribution is 5.34. The van der Waals surface area contributed by atoms with Crippen molar-refractivity contribution in [1.29, 1.82) is 0 Å². The number of rotatable bonds is 0. The highest BCUT2D eigenvalue weighted by Gasteiger charge is 2.13. The van der Waals surface area contributed by atoms with E-state index in [0.717, 1.165) is 0 Å². The van der Waals surface area contributed by atoms with Gasteiger partial charge < -0.3 is 0 Å². The van der Waals surface area contributed by atoms with Crippen LogP contribution in [0.15, 0.2) is 48.1 Å². The Labute approximate surface area is 75.0 Å². The first-order valence-corrected chi connectivity index (χ1v) is 4.33. The van der Waals surface area contributed by atoms with Crippen molar-refractivity contribution in [2.24, 2.45) is 5.41 Å². The molecule has 0 heterocycles. The van der Waals surface area contributed by atoms with Gasteiger partial charge in [0.05, 0.1) is 0 Å². The second kappa shape index (κ2) is 3.57. The molecule has 0 bridgehead atoms. The van der Waals surface area contributed by atoms with E-state index in [1.807, 2.05) is 6.08 Å². The van der Waals surface area contributed by atoms with Crippen LogP contribution in [-0.2, 0) is 0 Å². The second-order valence-corrected chi connectivity index (χ2v) is 4.00. The molecule has 0 spiro atoms. The average Bonchev–Trinajstić information content (AvgIpc) is 1.81. The summed E-state index contributed by atoms with van der Waals surface area (Å²) in [6.45, 7) is 6.67. The minimum absolute atomic E-state index is 0.242. The Hall–Kier alpha value is -1.04. The zero-order valence-corrected chi connectivity index (χ0v) is 8.04. The maximum atomic E-state index is 2.22. The molecule has 0 saturated carbocycles. The lowest BCUT2D eigenvalue weighted by atomic mass is 9.85. The first kappa shape index (κ1) is 9.05. The normalized spacial score (nSPS) is 29.4. The third-order valence-corrected chi connectivity index (χ3v) is 1.86. The fraction of sp³-hybridized carbons (Fsp3) is 0.333. The molecule has 64 valence electrons. The highest BCUT2D eigenvalue weighted by Crippen LogP contribution is 2.26. The van der Waals surface area contributed by atoms with Crippen LogP contribution in [0.3, 0.4) is 0 Å². The second-order valence-electron chi connectivity index (χ2n) is 4.00. The van der Waals surface area contributed by atoms with E-state index in [4.69, 9.17) is 0 Å². The molecule has 0 aromatic rings. The lowest BCUT2D eigenvalue weighted by Crippen LogP contribution is -2.07. The number of hydrogen-bond acceptors (Lipinski definition) is 0. The summed E-state index contributed by atoms with van der Waals surface area (Å²) < 4.78 is 0. The van der Waals surface area contributed by atoms with E-state index in [2.05, 4.69) is 57.2 Å². The Bertz CT molecular complexity index is 254. The van der Waals surface area contributed by atoms with Gasteiger partial charge in [0.1, 0.15) is 0 Å². The number of allylic oxidation sites excluding steroid dienone is 8. The molecule has 0 aromatic heterocycles. The maximum Gasteiger partial charge on any atom is -0.0132 e. The van der Waals surface area contributed by atoms with Crippen molar-refractivity contribution in [3.05, 3.63) is 48.1 Å². The van der Waals surface area contributed by atoms with Crippen molar-refractivity contribution in [1.82, 2.24) is 0 Å². The van der Waals surface area contributed by atoms with Crippen LogP contribution in [0, 0.1) is 5.41 Å². The molecule has 0 aromatic carbocycles. The van der Waals surface area contributed by atoms with Gasteiger partial charge >= 0.3 is 0 Å². The molecular formula is C12H16. The van der Waals surface area contributed by atoms with Crippen molar-refractivity contribution < 1.29 is 0 Å². The van der Waals surface area contributed by atoms with Gasteiger partial charge in [0, 0.05) is 0 Å². The topological polar surface area (TPSA) is 0 Å². The van der Waals surface area contributed by atoms with E-state index >= 15 is 0 Å². The summed E-state index contributed by atoms with van der Waals surface area (Å²) in [5, 5.41) is 0. The van der Waals surface area contributed by atoms with Crippen molar-refractivity contribution in [2.75, 3.05) is 0 Å². The van der Waals surface area contributed by atoms with Gasteiger partial charge in [0.15, 0.2) is 0 Å². The summed E-state index contributed by atoms with van der Waals surface area (Å²) in [7, 11) is 0. The van der Waals surface area contributed by atoms with Crippen molar-refractivity contribution in [2.45, 2.75) is 20.8 Å². The smallest absolute Gasteiger partial charge is 0.0132 e. The van der Waals surface area contributed by atoms with Crippen LogP contribution in [0.5, 0.6) is 0 Å². The van der Waals surface area contributed by atoms with E-state index in [-0.39, 0.29) is 5.41 Å². The van der Waals surface area contributed by atoms with E-state index in [1.54, 1.807) is 0 Å². The van der Waals surface area contributed by atoms with Gasteiger partial charge in [-0.25, -0.2) is 0 Å². The molecule has 0 nitrogen and oxygen atoms in total. The van der Waals surface area contributed by atoms with Crippen LogP contribution in [0.4, 0.5) is 0 Å². The molecule has 0 atom stereocenters. The van der Waals surface area contributed by atoms with Gasteiger partial charge in [-0.1, -0.05) is 63.3 Å². The molecule has 0 N–H and O–H groups in total. The molecule has 0 unspecified atom stereocenters. The maximum absolute atomic E-state index is 2.22. The first-order chi connectivity index (χ1) is 5.61. The Kier molecular flexibility index (Phi) is 2.69. The third-order valence-electron chi connectivity index (χ3n) is 1.86. The molecule has 12 heavy (non-hydrogen) atoms. The molecule has 0 heteroatoms. The van der Waals surface area contributed by atoms with Crippen LogP contribution in [0.2, 0.25) is 0 Å². The summed E-state index contributed by atoms with van der Waals surface area (Å²) in [6.07, 6.45) is 14.6. The van der Waals surface area contributed by atoms with Crippen LogP contribution in [0.1, 0.15) is 20.8 Å². The summed E-state index contributed by atoms with van der Waals surface area (Å²) in [6, 6.07) is 0. The summed E-state index contributed by atoms with van der Waals surface area (Å²) in [5.41, 5.74) is 1.61. The Morgan fingerprint density at radius 1 is 0.833 bits per heavy atom. The average molecular weight is 160 g/mol. The fourth-order valence-corrected chi connectivity index (χ4v) is 1.07. The molecule has 0 aliphatic heterocycles. The molecule has 0 radical (unpaired) electrons. The van der Waals surface area contributed by atoms with Gasteiger partial charge in [0.2, 0.25) is 0 Å². The molecule has 0 fully saturated rings. The minimum Gasteiger partial charge on any atom is -0.0623 e. The van der Waals surface area contributed by atoms with Crippen molar-refractivity contribution in [3.8, 4) is 0 Å². The zero-order valence-electron chi connectivity index (χ0n) is 8.04. The van der Waals surface area contributed by atoms with Crippen molar-refractivity contribution in [3.63, 3.8) is 0 Å². The van der Waals surface area contributed by atoms with Crippen LogP contribution in [0.25, 0.3) is 0 Å². The molecule has 1 aliphatic carbocycles. The van der Waals surface area contributed by atoms with Crippen LogP contribution >= 0.6 is 0 Å². The lowest BCUT2D eigenvalue weighted by molar-refractivity contribution is 0.517. The third kappa shape index (κ3) is 2.54. The van der Waals surface area contributed by atoms with Gasteiger partial charge in [-0.15, -0.1) is 0 Å². The number of hydrogen-bond donors (Lipinski definition) is 0. The zero-order chi connectivity index (χ0) is 9.03. The predicted octanol–water partition coefficient (Wildman–Crippen LogP) is 3.64. The van der Waals surface area contributed by atoms with Gasteiger partial charge in [0.25, 0.3) is 0 Å². The molecular weight excluding hydrogens is 144 g/mol. The summed E-state index contributed by atoms with van der Waals surface area (Å²) in [4.78, 5) is 0. The molecule has 0 saturated heterocycles. The van der Waals surface area contributed by atoms with E-state index in [9.17, 15) is 0 Å². The van der Waals surface area contributed by atoms with Gasteiger partial charge in [-0.3, -0.25) is 0 Å². The monoisotopic (exact) mass is 160 g/mol. The van der Waals surface area contributed by atoms with Gasteiger partial charge in [-0.2, -0.15) is 0 Å². The van der Waals surface area contributed by atoms with Crippen molar-refractivity contribution >= 4 is 0 Å². The first-order valence-electron chi connectivity index (χ1n) is 4.33. The Balaban J connectivity index is 2.90. The van der Waals surface area contributed by atoms with Crippen LogP contribution in [-0.4, -0.2) is 0 Å². The quantitative estimate of drug-likeness (QED) is 0.507. The minimum atomic E-state index is 0.242. The fourth-order valence-electron chi connectivity index (χ4n) is 1.07. The largest absolute Gasteiger partial charge is 0.0623 e. The van der Waals surface area contributed by atoms with Gasteiger partial charge in [-0.05, 0) is 11.0 Å². The summed E-state index contributed by atoms with van der Waals surface area (Å²) >= 11 is 0. The van der Waals surface area contributed by atoms with E-state index in [0.29, 0.717) is 0 Å². The predicted molar refractivity (Wildman–Crippen MR) is 55.0 cm³/mol. The van der Waals surface area contributed by atoms with Crippen LogP contribution < -0.4 is 0 Å². The standard InChI is InChI=1S/C12H16/c1-12(2,3)11-9-7-5-4-6-8-10-11/h4-10H,1-3H3/b5-4-,6-4?,7-5?,8-6-,9-7-,10-8?,11-9?,11-10+. The molecule has 1 aliphatic rings.